The minimum absolute atomic E-state index is 0.242. The fraction of sp³-hybridized carbons (Fsp3) is 0.300. The number of halogens is 1. The number of amides is 1. The van der Waals surface area contributed by atoms with Crippen LogP contribution in [0, 0.1) is 17.1 Å². The van der Waals surface area contributed by atoms with E-state index < -0.39 is 5.54 Å². The van der Waals surface area contributed by atoms with Gasteiger partial charge >= 0.3 is 0 Å². The van der Waals surface area contributed by atoms with Gasteiger partial charge in [-0.1, -0.05) is 12.1 Å². The molecule has 0 aliphatic heterocycles. The highest BCUT2D eigenvalue weighted by molar-refractivity contribution is 7.17. The fourth-order valence-corrected chi connectivity index (χ4v) is 4.39. The third kappa shape index (κ3) is 3.53. The molecule has 1 aromatic carbocycles. The van der Waals surface area contributed by atoms with Crippen LogP contribution in [0.1, 0.15) is 25.7 Å². The fourth-order valence-electron chi connectivity index (χ4n) is 3.48. The molecular weight excluding hydrogens is 379 g/mol. The Hall–Kier alpha value is -3.05. The molecule has 3 aromatic rings. The van der Waals surface area contributed by atoms with E-state index in [1.54, 1.807) is 12.1 Å². The lowest BCUT2D eigenvalue weighted by Crippen LogP contribution is -2.47. The van der Waals surface area contributed by atoms with Crippen molar-refractivity contribution >= 4 is 27.5 Å². The molecule has 0 saturated heterocycles. The zero-order chi connectivity index (χ0) is 19.6. The lowest BCUT2D eigenvalue weighted by molar-refractivity contribution is -0.124. The number of fused-ring (bicyclic) bond motifs is 1. The number of nitrogens with zero attached hydrogens (tertiary/aromatic N) is 3. The summed E-state index contributed by atoms with van der Waals surface area (Å²) < 4.78 is 18.9. The summed E-state index contributed by atoms with van der Waals surface area (Å²) in [7, 11) is 0. The van der Waals surface area contributed by atoms with E-state index >= 15 is 0 Å². The zero-order valence-electron chi connectivity index (χ0n) is 14.9. The van der Waals surface area contributed by atoms with Gasteiger partial charge in [-0.25, -0.2) is 14.4 Å². The van der Waals surface area contributed by atoms with Gasteiger partial charge in [-0.2, -0.15) is 5.26 Å². The number of rotatable bonds is 5. The minimum Gasteiger partial charge on any atom is -0.467 e. The summed E-state index contributed by atoms with van der Waals surface area (Å²) in [5.41, 5.74) is 0.842. The number of aromatic nitrogens is 2. The molecule has 2 aromatic heterocycles. The van der Waals surface area contributed by atoms with Crippen LogP contribution in [0.2, 0.25) is 0 Å². The third-order valence-electron chi connectivity index (χ3n) is 4.88. The van der Waals surface area contributed by atoms with E-state index in [0.29, 0.717) is 23.1 Å². The maximum absolute atomic E-state index is 13.2. The molecule has 2 heterocycles. The molecule has 1 aliphatic rings. The molecule has 1 aliphatic carbocycles. The maximum atomic E-state index is 13.2. The summed E-state index contributed by atoms with van der Waals surface area (Å²) in [4.78, 5) is 21.5. The number of carbonyl (C=O) groups excluding carboxylic acids is 1. The molecule has 1 fully saturated rings. The monoisotopic (exact) mass is 396 g/mol. The van der Waals surface area contributed by atoms with Crippen LogP contribution in [-0.2, 0) is 4.79 Å². The van der Waals surface area contributed by atoms with Crippen LogP contribution in [0.15, 0.2) is 36.0 Å². The Morgan fingerprint density at radius 3 is 2.75 bits per heavy atom. The SMILES string of the molecule is N#CC1(NC(=O)COc2ncnc3scc(-c4ccc(F)cc4)c23)CCCC1. The van der Waals surface area contributed by atoms with Crippen molar-refractivity contribution < 1.29 is 13.9 Å². The van der Waals surface area contributed by atoms with Gasteiger partial charge < -0.3 is 10.1 Å². The van der Waals surface area contributed by atoms with Crippen molar-refractivity contribution in [1.29, 1.82) is 5.26 Å². The first kappa shape index (κ1) is 18.3. The second-order valence-electron chi connectivity index (χ2n) is 6.75. The Morgan fingerprint density at radius 2 is 2.04 bits per heavy atom. The molecule has 28 heavy (non-hydrogen) atoms. The van der Waals surface area contributed by atoms with Gasteiger partial charge in [-0.3, -0.25) is 4.79 Å². The van der Waals surface area contributed by atoms with Crippen LogP contribution >= 0.6 is 11.3 Å². The molecule has 1 saturated carbocycles. The molecule has 0 spiro atoms. The van der Waals surface area contributed by atoms with Crippen molar-refractivity contribution in [1.82, 2.24) is 15.3 Å². The van der Waals surface area contributed by atoms with E-state index in [1.165, 1.54) is 29.8 Å². The lowest BCUT2D eigenvalue weighted by atomic mass is 10.00. The second-order valence-corrected chi connectivity index (χ2v) is 7.61. The van der Waals surface area contributed by atoms with Crippen LogP contribution < -0.4 is 10.1 Å². The number of hydrogen-bond donors (Lipinski definition) is 1. The smallest absolute Gasteiger partial charge is 0.259 e. The Labute approximate surface area is 165 Å². The summed E-state index contributed by atoms with van der Waals surface area (Å²) in [6, 6.07) is 8.36. The highest BCUT2D eigenvalue weighted by Crippen LogP contribution is 2.37. The standard InChI is InChI=1S/C20H17FN4O2S/c21-14-5-3-13(4-6-14)15-10-28-19-17(15)18(23-12-24-19)27-9-16(26)25-20(11-22)7-1-2-8-20/h3-6,10,12H,1-2,7-9H2,(H,25,26). The number of carbonyl (C=O) groups is 1. The Kier molecular flexibility index (Phi) is 4.92. The summed E-state index contributed by atoms with van der Waals surface area (Å²) in [5, 5.41) is 14.8. The van der Waals surface area contributed by atoms with Gasteiger partial charge in [0, 0.05) is 10.9 Å². The Balaban J connectivity index is 1.56. The van der Waals surface area contributed by atoms with Crippen molar-refractivity contribution in [2.75, 3.05) is 6.61 Å². The van der Waals surface area contributed by atoms with Gasteiger partial charge in [0.1, 0.15) is 22.5 Å². The maximum Gasteiger partial charge on any atom is 0.259 e. The van der Waals surface area contributed by atoms with Crippen molar-refractivity contribution in [3.8, 4) is 23.1 Å². The van der Waals surface area contributed by atoms with Gasteiger partial charge in [-0.15, -0.1) is 11.3 Å². The van der Waals surface area contributed by atoms with Gasteiger partial charge in [-0.05, 0) is 43.4 Å². The molecule has 0 unspecified atom stereocenters. The molecule has 0 radical (unpaired) electrons. The molecule has 142 valence electrons. The summed E-state index contributed by atoms with van der Waals surface area (Å²) >= 11 is 1.42. The molecular formula is C20H17FN4O2S. The largest absolute Gasteiger partial charge is 0.467 e. The number of benzene rings is 1. The topological polar surface area (TPSA) is 87.9 Å². The molecule has 4 rings (SSSR count). The van der Waals surface area contributed by atoms with Gasteiger partial charge in [0.05, 0.1) is 11.5 Å². The van der Waals surface area contributed by atoms with E-state index in [-0.39, 0.29) is 24.2 Å². The quantitative estimate of drug-likeness (QED) is 0.708. The van der Waals surface area contributed by atoms with E-state index in [0.717, 1.165) is 24.0 Å². The van der Waals surface area contributed by atoms with Gasteiger partial charge in [0.15, 0.2) is 6.61 Å². The van der Waals surface area contributed by atoms with E-state index in [1.807, 2.05) is 5.38 Å². The highest BCUT2D eigenvalue weighted by Gasteiger charge is 2.35. The van der Waals surface area contributed by atoms with Gasteiger partial charge in [0.2, 0.25) is 5.88 Å². The highest BCUT2D eigenvalue weighted by atomic mass is 32.1. The second kappa shape index (κ2) is 7.52. The van der Waals surface area contributed by atoms with Gasteiger partial charge in [0.25, 0.3) is 5.91 Å². The Morgan fingerprint density at radius 1 is 1.29 bits per heavy atom. The van der Waals surface area contributed by atoms with Crippen molar-refractivity contribution in [3.05, 3.63) is 41.8 Å². The predicted octanol–water partition coefficient (Wildman–Crippen LogP) is 3.83. The van der Waals surface area contributed by atoms with Crippen molar-refractivity contribution in [2.24, 2.45) is 0 Å². The molecule has 1 amide bonds. The van der Waals surface area contributed by atoms with Crippen LogP contribution in [0.5, 0.6) is 5.88 Å². The number of thiophene rings is 1. The first-order valence-electron chi connectivity index (χ1n) is 8.93. The average molecular weight is 396 g/mol. The number of nitrogens with one attached hydrogen (secondary N) is 1. The lowest BCUT2D eigenvalue weighted by Gasteiger charge is -2.21. The van der Waals surface area contributed by atoms with Crippen molar-refractivity contribution in [2.45, 2.75) is 31.2 Å². The molecule has 1 N–H and O–H groups in total. The molecule has 6 nitrogen and oxygen atoms in total. The first-order chi connectivity index (χ1) is 13.6. The average Bonchev–Trinajstić information content (AvgIpc) is 3.35. The summed E-state index contributed by atoms with van der Waals surface area (Å²) in [6.45, 7) is -0.242. The minimum atomic E-state index is -0.789. The van der Waals surface area contributed by atoms with E-state index in [4.69, 9.17) is 4.74 Å². The predicted molar refractivity (Wildman–Crippen MR) is 103 cm³/mol. The first-order valence-corrected chi connectivity index (χ1v) is 9.81. The Bertz CT molecular complexity index is 1050. The number of ether oxygens (including phenoxy) is 1. The van der Waals surface area contributed by atoms with Crippen LogP contribution in [-0.4, -0.2) is 28.0 Å². The van der Waals surface area contributed by atoms with Crippen molar-refractivity contribution in [3.63, 3.8) is 0 Å². The van der Waals surface area contributed by atoms with Crippen LogP contribution in [0.4, 0.5) is 4.39 Å². The summed E-state index contributed by atoms with van der Waals surface area (Å²) in [5.74, 6) is -0.377. The van der Waals surface area contributed by atoms with Crippen LogP contribution in [0.3, 0.4) is 0 Å². The van der Waals surface area contributed by atoms with E-state index in [9.17, 15) is 14.4 Å². The zero-order valence-corrected chi connectivity index (χ0v) is 15.8. The summed E-state index contributed by atoms with van der Waals surface area (Å²) in [6.07, 6.45) is 4.56. The molecule has 0 atom stereocenters. The number of nitriles is 1. The normalized spacial score (nSPS) is 15.3. The molecule has 0 bridgehead atoms. The third-order valence-corrected chi connectivity index (χ3v) is 5.77. The molecule has 8 heteroatoms. The van der Waals surface area contributed by atoms with E-state index in [2.05, 4.69) is 21.4 Å². The number of hydrogen-bond acceptors (Lipinski definition) is 6. The van der Waals surface area contributed by atoms with Crippen LogP contribution in [0.25, 0.3) is 21.3 Å².